The quantitative estimate of drug-likeness (QED) is 0.862. The molecule has 5 nitrogen and oxygen atoms in total. The van der Waals surface area contributed by atoms with Crippen LogP contribution in [0.4, 0.5) is 5.82 Å². The number of hydrogen-bond donors (Lipinski definition) is 1. The zero-order valence-corrected chi connectivity index (χ0v) is 12.9. The van der Waals surface area contributed by atoms with E-state index in [2.05, 4.69) is 4.98 Å². The van der Waals surface area contributed by atoms with Crippen molar-refractivity contribution in [1.29, 1.82) is 0 Å². The number of aryl methyl sites for hydroxylation is 2. The van der Waals surface area contributed by atoms with Gasteiger partial charge in [-0.25, -0.2) is 9.78 Å². The van der Waals surface area contributed by atoms with Crippen LogP contribution in [0.25, 0.3) is 0 Å². The van der Waals surface area contributed by atoms with Crippen molar-refractivity contribution in [1.82, 2.24) is 9.55 Å². The maximum Gasteiger partial charge on any atom is 0.360 e. The number of hydrogen-bond acceptors (Lipinski definition) is 4. The summed E-state index contributed by atoms with van der Waals surface area (Å²) in [6.45, 7) is 2.63. The molecule has 0 atom stereocenters. The number of esters is 1. The topological polar surface area (TPSA) is 70.1 Å². The third kappa shape index (κ3) is 3.36. The number of carbonyl (C=O) groups excluding carboxylic acids is 1. The fraction of sp³-hybridized carbons (Fsp3) is 0.333. The van der Waals surface area contributed by atoms with E-state index < -0.39 is 5.97 Å². The van der Waals surface area contributed by atoms with E-state index in [0.29, 0.717) is 23.8 Å². The van der Waals surface area contributed by atoms with Crippen LogP contribution in [0.1, 0.15) is 28.8 Å². The predicted molar refractivity (Wildman–Crippen MR) is 82.5 cm³/mol. The fourth-order valence-electron chi connectivity index (χ4n) is 2.17. The minimum Gasteiger partial charge on any atom is -0.464 e. The number of methoxy groups -OCH3 is 1. The Hall–Kier alpha value is -2.01. The Morgan fingerprint density at radius 3 is 2.62 bits per heavy atom. The Balaban J connectivity index is 2.20. The van der Waals surface area contributed by atoms with Crippen LogP contribution in [0.2, 0.25) is 5.02 Å². The number of imidazole rings is 1. The first-order chi connectivity index (χ1) is 10.1. The van der Waals surface area contributed by atoms with E-state index in [9.17, 15) is 4.79 Å². The number of ether oxygens (including phenoxy) is 1. The Morgan fingerprint density at radius 2 is 2.05 bits per heavy atom. The van der Waals surface area contributed by atoms with E-state index in [-0.39, 0.29) is 5.69 Å². The molecule has 0 saturated carbocycles. The zero-order chi connectivity index (χ0) is 15.4. The summed E-state index contributed by atoms with van der Waals surface area (Å²) < 4.78 is 6.56. The Bertz CT molecular complexity index is 635. The summed E-state index contributed by atoms with van der Waals surface area (Å²) in [5.41, 5.74) is 7.36. The van der Waals surface area contributed by atoms with Gasteiger partial charge in [-0.1, -0.05) is 30.7 Å². The number of nitrogens with zero attached hydrogens (tertiary/aromatic N) is 2. The molecule has 2 rings (SSSR count). The highest BCUT2D eigenvalue weighted by molar-refractivity contribution is 6.30. The standard InChI is InChI=1S/C15H18ClN3O2/c1-3-12-18-13(15(20)21-2)14(17)19(12)9-8-10-4-6-11(16)7-5-10/h4-7H,3,8-9,17H2,1-2H3. The molecule has 2 N–H and O–H groups in total. The predicted octanol–water partition coefficient (Wildman–Crippen LogP) is 2.71. The van der Waals surface area contributed by atoms with Crippen molar-refractivity contribution in [2.45, 2.75) is 26.3 Å². The first-order valence-electron chi connectivity index (χ1n) is 6.74. The van der Waals surface area contributed by atoms with E-state index in [1.165, 1.54) is 7.11 Å². The number of anilines is 1. The van der Waals surface area contributed by atoms with E-state index in [0.717, 1.165) is 17.8 Å². The number of nitrogen functional groups attached to an aromatic ring is 1. The van der Waals surface area contributed by atoms with Crippen LogP contribution in [-0.2, 0) is 24.1 Å². The van der Waals surface area contributed by atoms with E-state index in [1.807, 2.05) is 35.8 Å². The second kappa shape index (κ2) is 6.63. The molecule has 6 heteroatoms. The number of aromatic nitrogens is 2. The highest BCUT2D eigenvalue weighted by atomic mass is 35.5. The highest BCUT2D eigenvalue weighted by Gasteiger charge is 2.19. The lowest BCUT2D eigenvalue weighted by molar-refractivity contribution is 0.0595. The summed E-state index contributed by atoms with van der Waals surface area (Å²) in [7, 11) is 1.32. The number of rotatable bonds is 5. The Labute approximate surface area is 128 Å². The average Bonchev–Trinajstić information content (AvgIpc) is 2.82. The van der Waals surface area contributed by atoms with Crippen molar-refractivity contribution in [2.75, 3.05) is 12.8 Å². The molecule has 2 aromatic rings. The summed E-state index contributed by atoms with van der Waals surface area (Å²) in [4.78, 5) is 15.9. The van der Waals surface area contributed by atoms with Crippen LogP contribution >= 0.6 is 11.6 Å². The number of benzene rings is 1. The molecular weight excluding hydrogens is 290 g/mol. The van der Waals surface area contributed by atoms with Gasteiger partial charge in [-0.05, 0) is 24.1 Å². The lowest BCUT2D eigenvalue weighted by Gasteiger charge is -2.09. The molecule has 0 aliphatic heterocycles. The second-order valence-electron chi connectivity index (χ2n) is 4.64. The molecule has 0 aliphatic carbocycles. The molecule has 0 fully saturated rings. The SMILES string of the molecule is CCc1nc(C(=O)OC)c(N)n1CCc1ccc(Cl)cc1. The van der Waals surface area contributed by atoms with Crippen molar-refractivity contribution in [3.8, 4) is 0 Å². The molecule has 112 valence electrons. The third-order valence-corrected chi connectivity index (χ3v) is 3.57. The van der Waals surface area contributed by atoms with Gasteiger partial charge in [0.15, 0.2) is 5.69 Å². The van der Waals surface area contributed by atoms with Gasteiger partial charge in [0, 0.05) is 18.0 Å². The molecule has 0 spiro atoms. The van der Waals surface area contributed by atoms with Crippen molar-refractivity contribution < 1.29 is 9.53 Å². The molecule has 0 radical (unpaired) electrons. The van der Waals surface area contributed by atoms with Gasteiger partial charge >= 0.3 is 5.97 Å². The van der Waals surface area contributed by atoms with Gasteiger partial charge in [0.1, 0.15) is 11.6 Å². The van der Waals surface area contributed by atoms with Gasteiger partial charge in [-0.2, -0.15) is 0 Å². The zero-order valence-electron chi connectivity index (χ0n) is 12.1. The smallest absolute Gasteiger partial charge is 0.360 e. The maximum absolute atomic E-state index is 11.6. The van der Waals surface area contributed by atoms with Crippen LogP contribution in [0, 0.1) is 0 Å². The summed E-state index contributed by atoms with van der Waals surface area (Å²) in [6, 6.07) is 7.66. The first-order valence-corrected chi connectivity index (χ1v) is 7.12. The minimum absolute atomic E-state index is 0.186. The van der Waals surface area contributed by atoms with Crippen molar-refractivity contribution in [2.24, 2.45) is 0 Å². The maximum atomic E-state index is 11.6. The van der Waals surface area contributed by atoms with Crippen molar-refractivity contribution in [3.63, 3.8) is 0 Å². The normalized spacial score (nSPS) is 10.6. The molecule has 21 heavy (non-hydrogen) atoms. The molecule has 0 bridgehead atoms. The van der Waals surface area contributed by atoms with E-state index >= 15 is 0 Å². The molecule has 0 saturated heterocycles. The summed E-state index contributed by atoms with van der Waals surface area (Å²) >= 11 is 5.87. The number of halogens is 1. The molecule has 1 aromatic carbocycles. The largest absolute Gasteiger partial charge is 0.464 e. The molecule has 1 heterocycles. The van der Waals surface area contributed by atoms with E-state index in [1.54, 1.807) is 0 Å². The van der Waals surface area contributed by atoms with Crippen molar-refractivity contribution in [3.05, 3.63) is 46.4 Å². The van der Waals surface area contributed by atoms with Crippen LogP contribution in [0.5, 0.6) is 0 Å². The molecule has 0 amide bonds. The van der Waals surface area contributed by atoms with E-state index in [4.69, 9.17) is 22.1 Å². The molecule has 1 aromatic heterocycles. The van der Waals surface area contributed by atoms with Gasteiger partial charge in [-0.15, -0.1) is 0 Å². The summed E-state index contributed by atoms with van der Waals surface area (Å²) in [5, 5.41) is 0.711. The molecular formula is C15H18ClN3O2. The van der Waals surface area contributed by atoms with Crippen LogP contribution in [0.15, 0.2) is 24.3 Å². The summed E-state index contributed by atoms with van der Waals surface area (Å²) in [6.07, 6.45) is 1.48. The fourth-order valence-corrected chi connectivity index (χ4v) is 2.30. The summed E-state index contributed by atoms with van der Waals surface area (Å²) in [5.74, 6) is 0.627. The Morgan fingerprint density at radius 1 is 1.38 bits per heavy atom. The highest BCUT2D eigenvalue weighted by Crippen LogP contribution is 2.18. The second-order valence-corrected chi connectivity index (χ2v) is 5.07. The minimum atomic E-state index is -0.507. The van der Waals surface area contributed by atoms with Crippen LogP contribution in [0.3, 0.4) is 0 Å². The average molecular weight is 308 g/mol. The van der Waals surface area contributed by atoms with Crippen LogP contribution < -0.4 is 5.73 Å². The van der Waals surface area contributed by atoms with Gasteiger partial charge in [0.05, 0.1) is 7.11 Å². The van der Waals surface area contributed by atoms with Gasteiger partial charge in [-0.3, -0.25) is 0 Å². The first kappa shape index (κ1) is 15.4. The monoisotopic (exact) mass is 307 g/mol. The number of carbonyl (C=O) groups is 1. The molecule has 0 aliphatic rings. The van der Waals surface area contributed by atoms with Crippen LogP contribution in [-0.4, -0.2) is 22.6 Å². The Kier molecular flexibility index (Phi) is 4.85. The van der Waals surface area contributed by atoms with Gasteiger partial charge in [0.2, 0.25) is 0 Å². The lowest BCUT2D eigenvalue weighted by atomic mass is 10.1. The molecule has 0 unspecified atom stereocenters. The lowest BCUT2D eigenvalue weighted by Crippen LogP contribution is -2.10. The number of nitrogens with two attached hydrogens (primary N) is 1. The van der Waals surface area contributed by atoms with Crippen molar-refractivity contribution >= 4 is 23.4 Å². The third-order valence-electron chi connectivity index (χ3n) is 3.32. The van der Waals surface area contributed by atoms with Gasteiger partial charge < -0.3 is 15.0 Å². The van der Waals surface area contributed by atoms with Gasteiger partial charge in [0.25, 0.3) is 0 Å².